The summed E-state index contributed by atoms with van der Waals surface area (Å²) in [4.78, 5) is 10.5. The fraction of sp³-hybridized carbons (Fsp3) is 0. The van der Waals surface area contributed by atoms with Crippen LogP contribution in [-0.4, -0.2) is 222 Å². The molecule has 9 aromatic carbocycles. The molecule has 0 spiro atoms. The van der Waals surface area contributed by atoms with Crippen LogP contribution >= 0.6 is 22.7 Å². The van der Waals surface area contributed by atoms with Crippen molar-refractivity contribution in [1.82, 2.24) is 9.97 Å². The smallest absolute Gasteiger partial charge is 0.140 e. The van der Waals surface area contributed by atoms with Crippen molar-refractivity contribution < 1.29 is 0 Å². The predicted molar refractivity (Wildman–Crippen MR) is 471 cm³/mol. The monoisotopic (exact) mass is 1100 g/mol. The molecule has 0 aliphatic heterocycles. The van der Waals surface area contributed by atoms with Gasteiger partial charge in [0.05, 0.1) is 15.9 Å². The van der Waals surface area contributed by atoms with Crippen LogP contribution in [0.4, 0.5) is 0 Å². The Hall–Kier alpha value is -5.23. The van der Waals surface area contributed by atoms with Gasteiger partial charge in [-0.15, -0.1) is 55.5 Å². The van der Waals surface area contributed by atoms with Crippen LogP contribution in [0.1, 0.15) is 0 Å². The van der Waals surface area contributed by atoms with E-state index in [9.17, 15) is 0 Å². The summed E-state index contributed by atoms with van der Waals surface area (Å²) >= 11 is 3.85. The van der Waals surface area contributed by atoms with E-state index >= 15 is 0 Å². The van der Waals surface area contributed by atoms with Crippen molar-refractivity contribution in [3.05, 3.63) is 30.6 Å². The molecule has 12 aromatic rings. The highest BCUT2D eigenvalue weighted by Gasteiger charge is 2.29. The summed E-state index contributed by atoms with van der Waals surface area (Å²) in [5, 5.41) is 9.72. The number of aromatic nitrogens is 2. The Bertz CT molecular complexity index is 5170. The lowest BCUT2D eigenvalue weighted by molar-refractivity contribution is 1.24. The van der Waals surface area contributed by atoms with E-state index in [-0.39, 0.29) is 0 Å². The van der Waals surface area contributed by atoms with Crippen LogP contribution in [0.2, 0.25) is 0 Å². The molecule has 0 bridgehead atoms. The van der Waals surface area contributed by atoms with Crippen molar-refractivity contribution in [2.45, 2.75) is 0 Å². The van der Waals surface area contributed by atoms with Gasteiger partial charge in [-0.3, -0.25) is 0 Å². The topological polar surface area (TPSA) is 25.8 Å². The summed E-state index contributed by atoms with van der Waals surface area (Å²) in [5.74, 6) is 0. The number of hydrogen-bond acceptors (Lipinski definition) is 4. The minimum Gasteiger partial charge on any atom is -0.235 e. The van der Waals surface area contributed by atoms with Gasteiger partial charge in [0.1, 0.15) is 218 Å². The number of fused-ring (bicyclic) bond motifs is 8. The second-order valence-corrected chi connectivity index (χ2v) is 28.4. The molecule has 3 aromatic heterocycles. The van der Waals surface area contributed by atoms with Gasteiger partial charge in [-0.1, -0.05) is 127 Å². The summed E-state index contributed by atoms with van der Waals surface area (Å²) in [6, 6.07) is 9.63. The lowest BCUT2D eigenvalue weighted by Crippen LogP contribution is -2.53. The highest BCUT2D eigenvalue weighted by Crippen LogP contribution is 2.40. The number of rotatable bonds is 5. The SMILES string of the molecule is Bc1cc(B)c(-c2c(B)c(B)c(B)c3c2sc2c(B)c(B)c(B)c(B)c23)c(B)c1-c1c(B)c(B)c(B)c(-c2ncnc3c2sc2ccc(-c4c(B)c(B)c5c(B)c(-c6c(B)c(B)c7c(B)c(B)c(B)c(B)c7c6B)c(B)c(B)c5c4B)cc23)c1B. The molecular formula is C54H59B27N2S2. The van der Waals surface area contributed by atoms with E-state index < -0.39 is 0 Å². The van der Waals surface area contributed by atoms with Crippen LogP contribution in [0.5, 0.6) is 0 Å². The maximum atomic E-state index is 5.29. The van der Waals surface area contributed by atoms with Crippen molar-refractivity contribution in [3.8, 4) is 55.8 Å². The minimum atomic E-state index is 1.02. The summed E-state index contributed by atoms with van der Waals surface area (Å²) in [6.45, 7) is 0. The van der Waals surface area contributed by atoms with Gasteiger partial charge in [0.25, 0.3) is 0 Å². The number of benzene rings is 9. The molecule has 0 saturated carbocycles. The molecule has 0 radical (unpaired) electrons. The maximum absolute atomic E-state index is 5.29. The third-order valence-corrected chi connectivity index (χ3v) is 25.2. The van der Waals surface area contributed by atoms with Crippen LogP contribution in [0.3, 0.4) is 0 Å². The van der Waals surface area contributed by atoms with Crippen LogP contribution in [0, 0.1) is 0 Å². The van der Waals surface area contributed by atoms with E-state index in [2.05, 4.69) is 236 Å². The Morgan fingerprint density at radius 3 is 1.15 bits per heavy atom. The fourth-order valence-electron chi connectivity index (χ4n) is 16.7. The molecule has 378 valence electrons. The van der Waals surface area contributed by atoms with E-state index in [0.717, 1.165) is 15.9 Å². The molecule has 0 aliphatic rings. The summed E-state index contributed by atoms with van der Waals surface area (Å²) < 4.78 is 5.23. The highest BCUT2D eigenvalue weighted by atomic mass is 32.1. The quantitative estimate of drug-likeness (QED) is 0.161. The van der Waals surface area contributed by atoms with Gasteiger partial charge in [-0.25, -0.2) is 9.97 Å². The van der Waals surface area contributed by atoms with E-state index in [4.69, 9.17) is 9.97 Å². The molecule has 31 heteroatoms. The standard InChI is InChI=1S/C54H59B27N2S2/c55-8-4-9(56)13(21-39(71)44(76)40(72)22-23-41(73)47(79)48(80)49(81)53(23)85-52(21)22)26(58)12(8)14-29(61)24(42(74)43(75)36(14)68)51-54-50(82-5-83-51)7-3-6(1-2-10(7)84-54)11-25(57)15-16(31(63)30(11)62)27(59)17(33(65)32(15)64)18-28(60)19-20(35(67)34(18)66)38(70)46(78)45(77)37(19)69/h1-5H,55-81H2. The van der Waals surface area contributed by atoms with Gasteiger partial charge in [-0.05, 0) is 94.5 Å². The summed E-state index contributed by atoms with van der Waals surface area (Å²) in [5.41, 5.74) is 51.2. The largest absolute Gasteiger partial charge is 0.235 e. The first-order valence-electron chi connectivity index (χ1n) is 30.8. The molecule has 0 saturated heterocycles. The Morgan fingerprint density at radius 2 is 0.612 bits per heavy atom. The van der Waals surface area contributed by atoms with Crippen molar-refractivity contribution in [2.75, 3.05) is 0 Å². The van der Waals surface area contributed by atoms with Gasteiger partial charge in [0, 0.05) is 19.5 Å². The zero-order chi connectivity index (χ0) is 61.7. The second-order valence-electron chi connectivity index (χ2n) is 26.4. The van der Waals surface area contributed by atoms with E-state index in [1.807, 2.05) is 29.0 Å². The zero-order valence-corrected chi connectivity index (χ0v) is 57.7. The highest BCUT2D eigenvalue weighted by molar-refractivity contribution is 7.28. The van der Waals surface area contributed by atoms with Gasteiger partial charge in [0.15, 0.2) is 0 Å². The average Bonchev–Trinajstić information content (AvgIpc) is 1.81. The summed E-state index contributed by atoms with van der Waals surface area (Å²) in [7, 11) is 63.4. The van der Waals surface area contributed by atoms with Crippen molar-refractivity contribution >= 4 is 444 Å². The first-order chi connectivity index (χ1) is 40.0. The third-order valence-electron chi connectivity index (χ3n) is 22.7. The molecule has 0 unspecified atom stereocenters. The number of nitrogens with zero attached hydrogens (tertiary/aromatic N) is 2. The summed E-state index contributed by atoms with van der Waals surface area (Å²) in [6.07, 6.45) is 1.82. The third kappa shape index (κ3) is 8.21. The Labute approximate surface area is 536 Å². The van der Waals surface area contributed by atoms with Gasteiger partial charge < -0.3 is 0 Å². The molecule has 0 amide bonds. The minimum absolute atomic E-state index is 1.02. The van der Waals surface area contributed by atoms with Crippen molar-refractivity contribution in [2.24, 2.45) is 0 Å². The lowest BCUT2D eigenvalue weighted by atomic mass is 9.56. The molecule has 12 rings (SSSR count). The first kappa shape index (κ1) is 60.1. The van der Waals surface area contributed by atoms with Crippen molar-refractivity contribution in [1.29, 1.82) is 0 Å². The molecule has 0 N–H and O–H groups in total. The fourth-order valence-corrected chi connectivity index (χ4v) is 19.4. The lowest BCUT2D eigenvalue weighted by Gasteiger charge is -2.29. The van der Waals surface area contributed by atoms with E-state index in [1.165, 1.54) is 249 Å². The van der Waals surface area contributed by atoms with Gasteiger partial charge >= 0.3 is 0 Å². The zero-order valence-electron chi connectivity index (χ0n) is 56.1. The molecule has 0 fully saturated rings. The van der Waals surface area contributed by atoms with Gasteiger partial charge in [0.2, 0.25) is 0 Å². The maximum Gasteiger partial charge on any atom is 0.140 e. The van der Waals surface area contributed by atoms with Crippen LogP contribution in [-0.2, 0) is 0 Å². The van der Waals surface area contributed by atoms with Gasteiger partial charge in [-0.2, -0.15) is 0 Å². The van der Waals surface area contributed by atoms with E-state index in [0.29, 0.717) is 0 Å². The second kappa shape index (κ2) is 21.0. The normalized spacial score (nSPS) is 11.9. The van der Waals surface area contributed by atoms with E-state index in [1.54, 1.807) is 0 Å². The molecule has 85 heavy (non-hydrogen) atoms. The number of thiophene rings is 2. The van der Waals surface area contributed by atoms with Crippen LogP contribution in [0.15, 0.2) is 30.6 Å². The molecule has 0 atom stereocenters. The molecule has 3 heterocycles. The Morgan fingerprint density at radius 1 is 0.247 bits per heavy atom. The molecular weight excluding hydrogens is 1030 g/mol. The first-order valence-corrected chi connectivity index (χ1v) is 32.5. The predicted octanol–water partition coefficient (Wildman–Crippen LogP) is -31.2. The van der Waals surface area contributed by atoms with Crippen LogP contribution in [0.25, 0.3) is 118 Å². The van der Waals surface area contributed by atoms with Crippen LogP contribution < -0.4 is 147 Å². The Kier molecular flexibility index (Phi) is 14.8. The molecule has 2 nitrogen and oxygen atoms in total. The molecule has 0 aliphatic carbocycles. The average molecular weight is 1090 g/mol. The number of hydrogen-bond donors (Lipinski definition) is 0. The Balaban J connectivity index is 1.03. The van der Waals surface area contributed by atoms with Crippen molar-refractivity contribution in [3.63, 3.8) is 0 Å².